The molecule has 0 spiro atoms. The number of benzene rings is 1. The number of hydrogen-bond donors (Lipinski definition) is 1. The summed E-state index contributed by atoms with van der Waals surface area (Å²) in [7, 11) is 0. The Bertz CT molecular complexity index is 479. The monoisotopic (exact) mass is 296 g/mol. The summed E-state index contributed by atoms with van der Waals surface area (Å²) in [6, 6.07) is 3.50. The molecule has 1 saturated heterocycles. The standard InChI is InChI=1S/C12H13F5N2O/c13-11(14)3-5-19(6-4-11)10-2-1-8(7-9(10)18)20-12(15,16)17/h1-2,7H,3-6,18H2. The normalized spacial score (nSPS) is 18.9. The van der Waals surface area contributed by atoms with E-state index in [9.17, 15) is 22.0 Å². The van der Waals surface area contributed by atoms with Crippen molar-refractivity contribution >= 4 is 11.4 Å². The zero-order valence-corrected chi connectivity index (χ0v) is 10.4. The second-order valence-electron chi connectivity index (χ2n) is 4.61. The summed E-state index contributed by atoms with van der Waals surface area (Å²) in [5.74, 6) is -3.12. The number of rotatable bonds is 2. The highest BCUT2D eigenvalue weighted by atomic mass is 19.4. The molecule has 1 aliphatic heterocycles. The lowest BCUT2D eigenvalue weighted by Gasteiger charge is -2.34. The fourth-order valence-corrected chi connectivity index (χ4v) is 2.09. The lowest BCUT2D eigenvalue weighted by atomic mass is 10.1. The number of halogens is 5. The van der Waals surface area contributed by atoms with Gasteiger partial charge in [0.2, 0.25) is 0 Å². The van der Waals surface area contributed by atoms with Crippen molar-refractivity contribution in [3.05, 3.63) is 18.2 Å². The third-order valence-electron chi connectivity index (χ3n) is 3.07. The van der Waals surface area contributed by atoms with Crippen molar-refractivity contribution in [3.8, 4) is 5.75 Å². The summed E-state index contributed by atoms with van der Waals surface area (Å²) >= 11 is 0. The van der Waals surface area contributed by atoms with Crippen molar-refractivity contribution < 1.29 is 26.7 Å². The van der Waals surface area contributed by atoms with E-state index >= 15 is 0 Å². The van der Waals surface area contributed by atoms with Gasteiger partial charge in [-0.05, 0) is 12.1 Å². The molecule has 0 bridgehead atoms. The number of nitrogens with zero attached hydrogens (tertiary/aromatic N) is 1. The molecule has 8 heteroatoms. The van der Waals surface area contributed by atoms with Crippen LogP contribution in [0, 0.1) is 0 Å². The van der Waals surface area contributed by atoms with E-state index in [0.29, 0.717) is 5.69 Å². The second kappa shape index (κ2) is 4.99. The molecule has 0 aromatic heterocycles. The molecule has 1 aliphatic rings. The highest BCUT2D eigenvalue weighted by Gasteiger charge is 2.35. The summed E-state index contributed by atoms with van der Waals surface area (Å²) in [5.41, 5.74) is 6.17. The van der Waals surface area contributed by atoms with Gasteiger partial charge in [-0.1, -0.05) is 0 Å². The van der Waals surface area contributed by atoms with Gasteiger partial charge >= 0.3 is 6.36 Å². The number of piperidine rings is 1. The maximum absolute atomic E-state index is 13.0. The average molecular weight is 296 g/mol. The fraction of sp³-hybridized carbons (Fsp3) is 0.500. The van der Waals surface area contributed by atoms with Crippen LogP contribution in [0.2, 0.25) is 0 Å². The number of nitrogen functional groups attached to an aromatic ring is 1. The molecule has 1 aromatic rings. The molecule has 2 rings (SSSR count). The van der Waals surface area contributed by atoms with E-state index in [0.717, 1.165) is 12.1 Å². The lowest BCUT2D eigenvalue weighted by molar-refractivity contribution is -0.274. The van der Waals surface area contributed by atoms with Crippen molar-refractivity contribution in [2.75, 3.05) is 23.7 Å². The van der Waals surface area contributed by atoms with Crippen molar-refractivity contribution in [1.82, 2.24) is 0 Å². The van der Waals surface area contributed by atoms with Crippen LogP contribution in [0.1, 0.15) is 12.8 Å². The van der Waals surface area contributed by atoms with E-state index in [1.165, 1.54) is 6.07 Å². The minimum atomic E-state index is -4.79. The molecule has 2 N–H and O–H groups in total. The molecule has 0 aliphatic carbocycles. The van der Waals surface area contributed by atoms with Gasteiger partial charge in [0, 0.05) is 32.0 Å². The van der Waals surface area contributed by atoms with Crippen LogP contribution in [0.4, 0.5) is 33.3 Å². The third kappa shape index (κ3) is 3.64. The molecule has 0 atom stereocenters. The van der Waals surface area contributed by atoms with Gasteiger partial charge in [0.05, 0.1) is 11.4 Å². The largest absolute Gasteiger partial charge is 0.573 e. The van der Waals surface area contributed by atoms with Gasteiger partial charge in [-0.2, -0.15) is 0 Å². The first-order valence-corrected chi connectivity index (χ1v) is 5.94. The van der Waals surface area contributed by atoms with Gasteiger partial charge in [-0.15, -0.1) is 13.2 Å². The van der Waals surface area contributed by atoms with Crippen LogP contribution in [0.25, 0.3) is 0 Å². The smallest absolute Gasteiger partial charge is 0.406 e. The summed E-state index contributed by atoms with van der Waals surface area (Å²) in [6.07, 6.45) is -5.39. The maximum atomic E-state index is 13.0. The van der Waals surface area contributed by atoms with E-state index in [1.54, 1.807) is 4.90 Å². The predicted octanol–water partition coefficient (Wildman–Crippen LogP) is 3.40. The molecule has 20 heavy (non-hydrogen) atoms. The molecular weight excluding hydrogens is 283 g/mol. The van der Waals surface area contributed by atoms with Crippen LogP contribution in [-0.2, 0) is 0 Å². The molecule has 0 radical (unpaired) electrons. The van der Waals surface area contributed by atoms with E-state index < -0.39 is 18.0 Å². The highest BCUT2D eigenvalue weighted by molar-refractivity contribution is 5.69. The van der Waals surface area contributed by atoms with E-state index in [-0.39, 0.29) is 31.6 Å². The van der Waals surface area contributed by atoms with Gasteiger partial charge < -0.3 is 15.4 Å². The fourth-order valence-electron chi connectivity index (χ4n) is 2.09. The Balaban J connectivity index is 2.11. The van der Waals surface area contributed by atoms with E-state index in [2.05, 4.69) is 4.74 Å². The molecule has 1 fully saturated rings. The Morgan fingerprint density at radius 1 is 1.15 bits per heavy atom. The van der Waals surface area contributed by atoms with E-state index in [1.807, 2.05) is 0 Å². The number of anilines is 2. The third-order valence-corrected chi connectivity index (χ3v) is 3.07. The maximum Gasteiger partial charge on any atom is 0.573 e. The SMILES string of the molecule is Nc1cc(OC(F)(F)F)ccc1N1CCC(F)(F)CC1. The second-order valence-corrected chi connectivity index (χ2v) is 4.61. The Kier molecular flexibility index (Phi) is 3.66. The molecule has 0 amide bonds. The molecule has 1 aromatic carbocycles. The average Bonchev–Trinajstić information content (AvgIpc) is 2.28. The number of alkyl halides is 5. The molecule has 0 unspecified atom stereocenters. The molecule has 0 saturated carbocycles. The van der Waals surface area contributed by atoms with Crippen molar-refractivity contribution in [1.29, 1.82) is 0 Å². The van der Waals surface area contributed by atoms with Crippen LogP contribution in [0.5, 0.6) is 5.75 Å². The van der Waals surface area contributed by atoms with Crippen LogP contribution in [0.15, 0.2) is 18.2 Å². The molecule has 1 heterocycles. The molecule has 3 nitrogen and oxygen atoms in total. The predicted molar refractivity (Wildman–Crippen MR) is 63.9 cm³/mol. The summed E-state index contributed by atoms with van der Waals surface area (Å²) in [6.45, 7) is 0.216. The Labute approximate surface area is 112 Å². The van der Waals surface area contributed by atoms with Crippen LogP contribution >= 0.6 is 0 Å². The molecular formula is C12H13F5N2O. The Hall–Kier alpha value is -1.73. The van der Waals surface area contributed by atoms with Crippen LogP contribution in [-0.4, -0.2) is 25.4 Å². The zero-order valence-electron chi connectivity index (χ0n) is 10.4. The van der Waals surface area contributed by atoms with Gasteiger partial charge in [0.15, 0.2) is 0 Å². The minimum Gasteiger partial charge on any atom is -0.406 e. The van der Waals surface area contributed by atoms with Gasteiger partial charge in [0.1, 0.15) is 5.75 Å². The number of hydrogen-bond acceptors (Lipinski definition) is 3. The lowest BCUT2D eigenvalue weighted by Crippen LogP contribution is -2.39. The first-order chi connectivity index (χ1) is 9.16. The Morgan fingerprint density at radius 3 is 2.25 bits per heavy atom. The van der Waals surface area contributed by atoms with Crippen molar-refractivity contribution in [2.24, 2.45) is 0 Å². The minimum absolute atomic E-state index is 0.0666. The van der Waals surface area contributed by atoms with Crippen LogP contribution in [0.3, 0.4) is 0 Å². The topological polar surface area (TPSA) is 38.5 Å². The quantitative estimate of drug-likeness (QED) is 0.671. The van der Waals surface area contributed by atoms with Gasteiger partial charge in [-0.3, -0.25) is 0 Å². The molecule has 112 valence electrons. The Morgan fingerprint density at radius 2 is 1.75 bits per heavy atom. The number of ether oxygens (including phenoxy) is 1. The summed E-state index contributed by atoms with van der Waals surface area (Å²) in [5, 5.41) is 0. The van der Waals surface area contributed by atoms with Crippen LogP contribution < -0.4 is 15.4 Å². The zero-order chi connectivity index (χ0) is 15.0. The van der Waals surface area contributed by atoms with E-state index in [4.69, 9.17) is 5.73 Å². The van der Waals surface area contributed by atoms with Crippen molar-refractivity contribution in [2.45, 2.75) is 25.1 Å². The first kappa shape index (κ1) is 14.7. The van der Waals surface area contributed by atoms with Crippen molar-refractivity contribution in [3.63, 3.8) is 0 Å². The summed E-state index contributed by atoms with van der Waals surface area (Å²) in [4.78, 5) is 1.63. The highest BCUT2D eigenvalue weighted by Crippen LogP contribution is 2.35. The number of nitrogens with two attached hydrogens (primary N) is 1. The van der Waals surface area contributed by atoms with Gasteiger partial charge in [-0.25, -0.2) is 8.78 Å². The first-order valence-electron chi connectivity index (χ1n) is 5.94. The van der Waals surface area contributed by atoms with Gasteiger partial charge in [0.25, 0.3) is 5.92 Å². The summed E-state index contributed by atoms with van der Waals surface area (Å²) < 4.78 is 66.0.